The van der Waals surface area contributed by atoms with Crippen LogP contribution in [0.4, 0.5) is 0 Å². The van der Waals surface area contributed by atoms with E-state index in [0.29, 0.717) is 0 Å². The minimum atomic E-state index is -0.774. The van der Waals surface area contributed by atoms with E-state index in [1.54, 1.807) is 0 Å². The Bertz CT molecular complexity index is 328. The third kappa shape index (κ3) is 1.30. The Balaban J connectivity index is 1.93. The molecule has 1 unspecified atom stereocenters. The van der Waals surface area contributed by atoms with E-state index in [4.69, 9.17) is 6.42 Å². The molecule has 4 aliphatic rings. The lowest BCUT2D eigenvalue weighted by atomic mass is 9.46. The van der Waals surface area contributed by atoms with Gasteiger partial charge in [0.1, 0.15) is 5.92 Å². The normalized spacial score (nSPS) is 46.3. The maximum absolute atomic E-state index is 11.3. The first-order chi connectivity index (χ1) is 7.63. The Morgan fingerprint density at radius 3 is 1.94 bits per heavy atom. The highest BCUT2D eigenvalue weighted by atomic mass is 16.4. The monoisotopic (exact) mass is 218 g/mol. The summed E-state index contributed by atoms with van der Waals surface area (Å²) in [4.78, 5) is 11.3. The van der Waals surface area contributed by atoms with E-state index >= 15 is 0 Å². The lowest BCUT2D eigenvalue weighted by Gasteiger charge is -2.57. The van der Waals surface area contributed by atoms with Gasteiger partial charge in [-0.3, -0.25) is 4.79 Å². The summed E-state index contributed by atoms with van der Waals surface area (Å²) in [6.07, 6.45) is 12.7. The second-order valence-corrected chi connectivity index (χ2v) is 6.22. The van der Waals surface area contributed by atoms with Crippen molar-refractivity contribution in [3.05, 3.63) is 0 Å². The third-order valence-electron chi connectivity index (χ3n) is 5.11. The Morgan fingerprint density at radius 1 is 1.19 bits per heavy atom. The fourth-order valence-corrected chi connectivity index (χ4v) is 5.04. The molecule has 2 nitrogen and oxygen atoms in total. The molecule has 0 heterocycles. The van der Waals surface area contributed by atoms with Crippen molar-refractivity contribution >= 4 is 5.97 Å². The molecule has 4 rings (SSSR count). The van der Waals surface area contributed by atoms with E-state index in [9.17, 15) is 9.90 Å². The Kier molecular flexibility index (Phi) is 2.08. The summed E-state index contributed by atoms with van der Waals surface area (Å²) in [5.74, 6) is 3.54. The van der Waals surface area contributed by atoms with Gasteiger partial charge in [-0.2, -0.15) is 0 Å². The molecule has 86 valence electrons. The summed E-state index contributed by atoms with van der Waals surface area (Å²) in [6.45, 7) is 0. The first-order valence-corrected chi connectivity index (χ1v) is 6.32. The fraction of sp³-hybridized carbons (Fsp3) is 0.786. The molecule has 0 aromatic carbocycles. The van der Waals surface area contributed by atoms with E-state index in [2.05, 4.69) is 5.92 Å². The van der Waals surface area contributed by atoms with Crippen LogP contribution in [0.3, 0.4) is 0 Å². The molecule has 0 aromatic heterocycles. The highest BCUT2D eigenvalue weighted by Crippen LogP contribution is 2.62. The summed E-state index contributed by atoms with van der Waals surface area (Å²) < 4.78 is 0. The number of carboxylic acid groups (broad SMARTS) is 1. The van der Waals surface area contributed by atoms with Gasteiger partial charge in [0.25, 0.3) is 0 Å². The van der Waals surface area contributed by atoms with Crippen molar-refractivity contribution < 1.29 is 9.90 Å². The van der Waals surface area contributed by atoms with Crippen molar-refractivity contribution in [2.24, 2.45) is 29.1 Å². The van der Waals surface area contributed by atoms with Crippen LogP contribution in [-0.4, -0.2) is 11.1 Å². The van der Waals surface area contributed by atoms with Crippen molar-refractivity contribution in [2.75, 3.05) is 0 Å². The van der Waals surface area contributed by atoms with Crippen LogP contribution in [0.2, 0.25) is 0 Å². The van der Waals surface area contributed by atoms with Gasteiger partial charge in [-0.05, 0) is 61.7 Å². The van der Waals surface area contributed by atoms with Gasteiger partial charge in [-0.25, -0.2) is 0 Å². The fourth-order valence-electron chi connectivity index (χ4n) is 5.04. The van der Waals surface area contributed by atoms with Crippen molar-refractivity contribution in [2.45, 2.75) is 38.5 Å². The third-order valence-corrected chi connectivity index (χ3v) is 5.11. The quantitative estimate of drug-likeness (QED) is 0.723. The van der Waals surface area contributed by atoms with Gasteiger partial charge in [0, 0.05) is 0 Å². The molecule has 1 N–H and O–H groups in total. The van der Waals surface area contributed by atoms with Crippen LogP contribution in [0.15, 0.2) is 0 Å². The van der Waals surface area contributed by atoms with Gasteiger partial charge in [0.2, 0.25) is 0 Å². The minimum Gasteiger partial charge on any atom is -0.480 e. The summed E-state index contributed by atoms with van der Waals surface area (Å²) in [5.41, 5.74) is -0.0463. The van der Waals surface area contributed by atoms with Gasteiger partial charge in [0.05, 0.1) is 0 Å². The van der Waals surface area contributed by atoms with Gasteiger partial charge < -0.3 is 5.11 Å². The first-order valence-electron chi connectivity index (χ1n) is 6.32. The lowest BCUT2D eigenvalue weighted by Crippen LogP contribution is -2.51. The van der Waals surface area contributed by atoms with Crippen LogP contribution in [0.5, 0.6) is 0 Å². The van der Waals surface area contributed by atoms with Crippen molar-refractivity contribution in [3.63, 3.8) is 0 Å². The number of carbonyl (C=O) groups is 1. The van der Waals surface area contributed by atoms with Gasteiger partial charge in [-0.15, -0.1) is 6.42 Å². The molecular weight excluding hydrogens is 200 g/mol. The van der Waals surface area contributed by atoms with Gasteiger partial charge >= 0.3 is 5.97 Å². The second-order valence-electron chi connectivity index (χ2n) is 6.22. The maximum Gasteiger partial charge on any atom is 0.319 e. The zero-order valence-corrected chi connectivity index (χ0v) is 9.48. The lowest BCUT2D eigenvalue weighted by molar-refractivity contribution is -0.152. The molecule has 4 fully saturated rings. The number of aliphatic carboxylic acids is 1. The first kappa shape index (κ1) is 10.2. The van der Waals surface area contributed by atoms with Crippen molar-refractivity contribution in [3.8, 4) is 12.3 Å². The molecule has 2 heteroatoms. The van der Waals surface area contributed by atoms with Gasteiger partial charge in [-0.1, -0.05) is 5.92 Å². The smallest absolute Gasteiger partial charge is 0.319 e. The number of carboxylic acids is 1. The average molecular weight is 218 g/mol. The molecule has 0 aliphatic heterocycles. The molecule has 0 radical (unpaired) electrons. The number of rotatable bonds is 2. The zero-order chi connectivity index (χ0) is 11.3. The SMILES string of the molecule is C#CC(C(=O)O)C12CC3CC(CC(C3)C1)C2. The number of hydrogen-bond acceptors (Lipinski definition) is 1. The largest absolute Gasteiger partial charge is 0.480 e. The Morgan fingerprint density at radius 2 is 1.62 bits per heavy atom. The van der Waals surface area contributed by atoms with E-state index < -0.39 is 11.9 Å². The van der Waals surface area contributed by atoms with E-state index in [1.165, 1.54) is 19.3 Å². The molecule has 0 aromatic rings. The molecule has 4 saturated carbocycles. The van der Waals surface area contributed by atoms with E-state index in [-0.39, 0.29) is 5.41 Å². The second kappa shape index (κ2) is 3.26. The van der Waals surface area contributed by atoms with Gasteiger partial charge in [0.15, 0.2) is 0 Å². The molecule has 4 bridgehead atoms. The summed E-state index contributed by atoms with van der Waals surface area (Å²) in [5, 5.41) is 9.29. The van der Waals surface area contributed by atoms with Crippen LogP contribution in [0.1, 0.15) is 38.5 Å². The summed E-state index contributed by atoms with van der Waals surface area (Å²) >= 11 is 0. The van der Waals surface area contributed by atoms with E-state index in [0.717, 1.165) is 37.0 Å². The number of terminal acetylenes is 1. The predicted molar refractivity (Wildman–Crippen MR) is 60.6 cm³/mol. The van der Waals surface area contributed by atoms with Crippen LogP contribution in [-0.2, 0) is 4.79 Å². The summed E-state index contributed by atoms with van der Waals surface area (Å²) in [6, 6.07) is 0. The van der Waals surface area contributed by atoms with Crippen LogP contribution in [0, 0.1) is 41.4 Å². The van der Waals surface area contributed by atoms with Crippen molar-refractivity contribution in [1.29, 1.82) is 0 Å². The molecule has 16 heavy (non-hydrogen) atoms. The average Bonchev–Trinajstić information content (AvgIpc) is 2.14. The van der Waals surface area contributed by atoms with E-state index in [1.807, 2.05) is 0 Å². The van der Waals surface area contributed by atoms with Crippen LogP contribution in [0.25, 0.3) is 0 Å². The van der Waals surface area contributed by atoms with Crippen LogP contribution >= 0.6 is 0 Å². The predicted octanol–water partition coefficient (Wildman–Crippen LogP) is 2.54. The topological polar surface area (TPSA) is 37.3 Å². The molecule has 0 spiro atoms. The molecule has 0 saturated heterocycles. The van der Waals surface area contributed by atoms with Crippen molar-refractivity contribution in [1.82, 2.24) is 0 Å². The minimum absolute atomic E-state index is 0.0463. The number of hydrogen-bond donors (Lipinski definition) is 1. The zero-order valence-electron chi connectivity index (χ0n) is 9.48. The van der Waals surface area contributed by atoms with Crippen LogP contribution < -0.4 is 0 Å². The Labute approximate surface area is 96.4 Å². The Hall–Kier alpha value is -0.970. The summed E-state index contributed by atoms with van der Waals surface area (Å²) in [7, 11) is 0. The standard InChI is InChI=1S/C14H18O2/c1-2-12(13(15)16)14-6-9-3-10(7-14)5-11(4-9)8-14/h1,9-12H,3-8H2,(H,15,16). The molecule has 1 atom stereocenters. The molecular formula is C14H18O2. The molecule has 4 aliphatic carbocycles. The maximum atomic E-state index is 11.3. The molecule has 0 amide bonds. The highest BCUT2D eigenvalue weighted by molar-refractivity contribution is 5.74. The highest BCUT2D eigenvalue weighted by Gasteiger charge is 2.55.